The lowest BCUT2D eigenvalue weighted by molar-refractivity contribution is 0.752. The number of hydrogen-bond acceptors (Lipinski definition) is 3. The summed E-state index contributed by atoms with van der Waals surface area (Å²) < 4.78 is 0. The van der Waals surface area contributed by atoms with Gasteiger partial charge in [-0.1, -0.05) is 84.9 Å². The van der Waals surface area contributed by atoms with Crippen LogP contribution < -0.4 is 4.90 Å². The van der Waals surface area contributed by atoms with Gasteiger partial charge in [-0.2, -0.15) is 0 Å². The maximum Gasteiger partial charge on any atom is 0.159 e. The van der Waals surface area contributed by atoms with Gasteiger partial charge in [0.05, 0.1) is 16.8 Å². The molecule has 0 amide bonds. The molecule has 178 valence electrons. The fraction of sp³-hybridized carbons (Fsp3) is 0.0286. The average Bonchev–Trinajstić information content (AvgIpc) is 3.29. The van der Waals surface area contributed by atoms with E-state index in [1.54, 1.807) is 12.4 Å². The first kappa shape index (κ1) is 21.1. The van der Waals surface area contributed by atoms with E-state index >= 15 is 0 Å². The maximum absolute atomic E-state index is 4.43. The average molecular weight is 486 g/mol. The van der Waals surface area contributed by atoms with Crippen LogP contribution in [-0.2, 0) is 5.41 Å². The fourth-order valence-corrected chi connectivity index (χ4v) is 6.55. The quantitative estimate of drug-likeness (QED) is 0.247. The summed E-state index contributed by atoms with van der Waals surface area (Å²) in [6.45, 7) is 0. The topological polar surface area (TPSA) is 29.0 Å². The molecule has 0 saturated carbocycles. The summed E-state index contributed by atoms with van der Waals surface area (Å²) in [5.41, 5.74) is 12.0. The summed E-state index contributed by atoms with van der Waals surface area (Å²) in [5.74, 6) is 0.733. The molecule has 0 radical (unpaired) electrons. The van der Waals surface area contributed by atoms with Crippen LogP contribution in [0.15, 0.2) is 140 Å². The van der Waals surface area contributed by atoms with Crippen LogP contribution in [-0.4, -0.2) is 9.97 Å². The van der Waals surface area contributed by atoms with Crippen LogP contribution in [0.3, 0.4) is 0 Å². The Morgan fingerprint density at radius 2 is 0.921 bits per heavy atom. The van der Waals surface area contributed by atoms with Gasteiger partial charge in [0.25, 0.3) is 0 Å². The van der Waals surface area contributed by atoms with Crippen molar-refractivity contribution in [3.05, 3.63) is 162 Å². The predicted molar refractivity (Wildman–Crippen MR) is 153 cm³/mol. The molecule has 3 nitrogen and oxygen atoms in total. The molecule has 1 aliphatic heterocycles. The van der Waals surface area contributed by atoms with E-state index in [0.29, 0.717) is 0 Å². The van der Waals surface area contributed by atoms with Gasteiger partial charge in [0, 0.05) is 23.6 Å². The van der Waals surface area contributed by atoms with E-state index in [2.05, 4.69) is 136 Å². The molecule has 1 aliphatic carbocycles. The van der Waals surface area contributed by atoms with Crippen molar-refractivity contribution in [3.63, 3.8) is 0 Å². The Labute approximate surface area is 221 Å². The molecular formula is C35H23N3. The third kappa shape index (κ3) is 2.73. The summed E-state index contributed by atoms with van der Waals surface area (Å²) in [5, 5.41) is 0. The van der Waals surface area contributed by atoms with Gasteiger partial charge in [0.1, 0.15) is 0 Å². The maximum atomic E-state index is 4.43. The van der Waals surface area contributed by atoms with Crippen molar-refractivity contribution in [1.82, 2.24) is 9.97 Å². The molecule has 1 aromatic heterocycles. The van der Waals surface area contributed by atoms with E-state index in [9.17, 15) is 0 Å². The number of benzene rings is 5. The Balaban J connectivity index is 1.41. The lowest BCUT2D eigenvalue weighted by Crippen LogP contribution is -2.36. The summed E-state index contributed by atoms with van der Waals surface area (Å²) in [6, 6.07) is 46.0. The Morgan fingerprint density at radius 3 is 1.47 bits per heavy atom. The normalized spacial score (nSPS) is 13.9. The van der Waals surface area contributed by atoms with Crippen molar-refractivity contribution < 1.29 is 0 Å². The van der Waals surface area contributed by atoms with Gasteiger partial charge in [-0.05, 0) is 75.8 Å². The van der Waals surface area contributed by atoms with Crippen LogP contribution in [0.1, 0.15) is 22.3 Å². The molecule has 2 heterocycles. The first-order valence-corrected chi connectivity index (χ1v) is 12.9. The smallest absolute Gasteiger partial charge is 0.159 e. The second-order valence-electron chi connectivity index (χ2n) is 9.83. The number of aromatic nitrogens is 2. The third-order valence-electron chi connectivity index (χ3n) is 8.00. The van der Waals surface area contributed by atoms with E-state index in [4.69, 9.17) is 0 Å². The van der Waals surface area contributed by atoms with Gasteiger partial charge in [0.15, 0.2) is 5.82 Å². The molecule has 0 atom stereocenters. The summed E-state index contributed by atoms with van der Waals surface area (Å²) in [4.78, 5) is 11.3. The van der Waals surface area contributed by atoms with Crippen molar-refractivity contribution in [2.75, 3.05) is 4.90 Å². The lowest BCUT2D eigenvalue weighted by atomic mass is 9.64. The number of hydrogen-bond donors (Lipinski definition) is 0. The standard InChI is InChI=1S/C35H23N3/c1-3-12-28-26(10-1)27-11-2-4-13-29(27)35(28)30-14-5-7-16-32(30)38(33-17-8-6-15-31(33)35)25-20-18-24(19-21-25)34-36-22-9-23-37-34/h1-23H. The Hall–Kier alpha value is -5.02. The van der Waals surface area contributed by atoms with E-state index in [0.717, 1.165) is 17.1 Å². The number of anilines is 3. The highest BCUT2D eigenvalue weighted by atomic mass is 15.2. The molecule has 8 rings (SSSR count). The molecule has 3 heteroatoms. The second kappa shape index (κ2) is 7.99. The molecule has 0 N–H and O–H groups in total. The molecule has 0 fully saturated rings. The Morgan fingerprint density at radius 1 is 0.447 bits per heavy atom. The largest absolute Gasteiger partial charge is 0.310 e. The van der Waals surface area contributed by atoms with Crippen molar-refractivity contribution in [2.45, 2.75) is 5.41 Å². The van der Waals surface area contributed by atoms with E-state index in [1.807, 2.05) is 6.07 Å². The fourth-order valence-electron chi connectivity index (χ4n) is 6.55. The number of fused-ring (bicyclic) bond motifs is 9. The zero-order valence-corrected chi connectivity index (χ0v) is 20.6. The zero-order valence-electron chi connectivity index (χ0n) is 20.6. The minimum atomic E-state index is -0.380. The van der Waals surface area contributed by atoms with Gasteiger partial charge in [-0.25, -0.2) is 9.97 Å². The molecule has 5 aromatic carbocycles. The van der Waals surface area contributed by atoms with Gasteiger partial charge in [0.2, 0.25) is 0 Å². The molecule has 2 aliphatic rings. The van der Waals surface area contributed by atoms with Crippen molar-refractivity contribution in [1.29, 1.82) is 0 Å². The highest BCUT2D eigenvalue weighted by Gasteiger charge is 2.51. The second-order valence-corrected chi connectivity index (χ2v) is 9.83. The van der Waals surface area contributed by atoms with Crippen molar-refractivity contribution in [2.24, 2.45) is 0 Å². The van der Waals surface area contributed by atoms with Gasteiger partial charge < -0.3 is 4.90 Å². The highest BCUT2D eigenvalue weighted by molar-refractivity contribution is 5.95. The van der Waals surface area contributed by atoms with Crippen molar-refractivity contribution in [3.8, 4) is 22.5 Å². The van der Waals surface area contributed by atoms with Gasteiger partial charge >= 0.3 is 0 Å². The van der Waals surface area contributed by atoms with E-state index in [1.165, 1.54) is 44.8 Å². The highest BCUT2D eigenvalue weighted by Crippen LogP contribution is 2.63. The Bertz CT molecular complexity index is 1730. The molecular weight excluding hydrogens is 462 g/mol. The molecule has 6 aromatic rings. The summed E-state index contributed by atoms with van der Waals surface area (Å²) >= 11 is 0. The molecule has 1 spiro atoms. The van der Waals surface area contributed by atoms with Crippen LogP contribution in [0, 0.1) is 0 Å². The lowest BCUT2D eigenvalue weighted by Gasteiger charge is -2.45. The molecule has 38 heavy (non-hydrogen) atoms. The minimum Gasteiger partial charge on any atom is -0.310 e. The van der Waals surface area contributed by atoms with Gasteiger partial charge in [-0.3, -0.25) is 0 Å². The SMILES string of the molecule is c1cnc(-c2ccc(N3c4ccccc4C4(c5ccccc5-c5ccccc54)c4ccccc43)cc2)nc1. The third-order valence-corrected chi connectivity index (χ3v) is 8.00. The predicted octanol–water partition coefficient (Wildman–Crippen LogP) is 8.29. The van der Waals surface area contributed by atoms with Gasteiger partial charge in [-0.15, -0.1) is 0 Å². The zero-order chi connectivity index (χ0) is 25.1. The molecule has 0 saturated heterocycles. The monoisotopic (exact) mass is 485 g/mol. The Kier molecular flexibility index (Phi) is 4.44. The first-order chi connectivity index (χ1) is 18.9. The summed E-state index contributed by atoms with van der Waals surface area (Å²) in [7, 11) is 0. The van der Waals surface area contributed by atoms with Crippen LogP contribution in [0.5, 0.6) is 0 Å². The van der Waals surface area contributed by atoms with E-state index in [-0.39, 0.29) is 5.41 Å². The van der Waals surface area contributed by atoms with Crippen LogP contribution in [0.4, 0.5) is 17.1 Å². The van der Waals surface area contributed by atoms with E-state index < -0.39 is 0 Å². The number of nitrogens with zero attached hydrogens (tertiary/aromatic N) is 3. The van der Waals surface area contributed by atoms with Crippen LogP contribution >= 0.6 is 0 Å². The summed E-state index contributed by atoms with van der Waals surface area (Å²) in [6.07, 6.45) is 3.56. The molecule has 0 unspecified atom stereocenters. The van der Waals surface area contributed by atoms with Crippen molar-refractivity contribution >= 4 is 17.1 Å². The first-order valence-electron chi connectivity index (χ1n) is 12.9. The van der Waals surface area contributed by atoms with Crippen LogP contribution in [0.2, 0.25) is 0 Å². The number of rotatable bonds is 2. The number of para-hydroxylation sites is 2. The minimum absolute atomic E-state index is 0.380. The molecule has 0 bridgehead atoms. The van der Waals surface area contributed by atoms with Crippen LogP contribution in [0.25, 0.3) is 22.5 Å².